The maximum Gasteiger partial charge on any atom is 0.243 e. The standard InChI is InChI=1S/C17H21N3O3/c1-2-11-3-7-14(8-4-11)20-10-13(9-15(20)21)17(23)19-18-16(22)12-5-6-12/h3-4,7-8,12-13H,2,5-6,9-10H2,1H3,(H,18,22)(H,19,23). The van der Waals surface area contributed by atoms with Gasteiger partial charge in [-0.2, -0.15) is 0 Å². The molecule has 3 rings (SSSR count). The zero-order chi connectivity index (χ0) is 16.4. The fraction of sp³-hybridized carbons (Fsp3) is 0.471. The first kappa shape index (κ1) is 15.5. The molecule has 1 aromatic carbocycles. The van der Waals surface area contributed by atoms with Crippen molar-refractivity contribution in [1.82, 2.24) is 10.9 Å². The molecule has 3 amide bonds. The zero-order valence-corrected chi connectivity index (χ0v) is 13.2. The monoisotopic (exact) mass is 315 g/mol. The Morgan fingerprint density at radius 3 is 2.26 bits per heavy atom. The smallest absolute Gasteiger partial charge is 0.243 e. The van der Waals surface area contributed by atoms with Crippen LogP contribution in [-0.2, 0) is 20.8 Å². The van der Waals surface area contributed by atoms with Gasteiger partial charge in [-0.25, -0.2) is 0 Å². The Balaban J connectivity index is 1.57. The fourth-order valence-corrected chi connectivity index (χ4v) is 2.72. The van der Waals surface area contributed by atoms with Gasteiger partial charge < -0.3 is 4.90 Å². The van der Waals surface area contributed by atoms with Crippen LogP contribution in [0.1, 0.15) is 31.7 Å². The van der Waals surface area contributed by atoms with E-state index in [1.165, 1.54) is 5.56 Å². The molecule has 0 aromatic heterocycles. The highest BCUT2D eigenvalue weighted by Gasteiger charge is 2.36. The predicted molar refractivity (Wildman–Crippen MR) is 85.3 cm³/mol. The molecule has 6 heteroatoms. The topological polar surface area (TPSA) is 78.5 Å². The molecule has 0 radical (unpaired) electrons. The molecular formula is C17H21N3O3. The van der Waals surface area contributed by atoms with E-state index < -0.39 is 5.92 Å². The Morgan fingerprint density at radius 2 is 1.70 bits per heavy atom. The summed E-state index contributed by atoms with van der Waals surface area (Å²) in [4.78, 5) is 37.4. The number of carbonyl (C=O) groups is 3. The van der Waals surface area contributed by atoms with Crippen LogP contribution in [0.3, 0.4) is 0 Å². The molecule has 122 valence electrons. The molecule has 0 bridgehead atoms. The van der Waals surface area contributed by atoms with Gasteiger partial charge in [0.1, 0.15) is 0 Å². The number of anilines is 1. The quantitative estimate of drug-likeness (QED) is 0.818. The Labute approximate surface area is 135 Å². The van der Waals surface area contributed by atoms with Crippen LogP contribution in [0.15, 0.2) is 24.3 Å². The number of nitrogens with zero attached hydrogens (tertiary/aromatic N) is 1. The van der Waals surface area contributed by atoms with E-state index in [-0.39, 0.29) is 30.1 Å². The van der Waals surface area contributed by atoms with E-state index in [1.807, 2.05) is 24.3 Å². The number of amides is 3. The minimum absolute atomic E-state index is 0.0362. The minimum Gasteiger partial charge on any atom is -0.312 e. The second kappa shape index (κ2) is 6.40. The number of nitrogens with one attached hydrogen (secondary N) is 2. The lowest BCUT2D eigenvalue weighted by molar-refractivity contribution is -0.131. The molecule has 1 saturated carbocycles. The average Bonchev–Trinajstić information content (AvgIpc) is 3.35. The maximum absolute atomic E-state index is 12.2. The van der Waals surface area contributed by atoms with Crippen LogP contribution in [0.4, 0.5) is 5.69 Å². The number of rotatable bonds is 4. The number of carbonyl (C=O) groups excluding carboxylic acids is 3. The molecule has 1 heterocycles. The lowest BCUT2D eigenvalue weighted by Gasteiger charge is -2.17. The van der Waals surface area contributed by atoms with Crippen LogP contribution >= 0.6 is 0 Å². The largest absolute Gasteiger partial charge is 0.312 e. The molecule has 0 spiro atoms. The highest BCUT2D eigenvalue weighted by Crippen LogP contribution is 2.28. The summed E-state index contributed by atoms with van der Waals surface area (Å²) < 4.78 is 0. The molecule has 1 aliphatic heterocycles. The van der Waals surface area contributed by atoms with Crippen molar-refractivity contribution in [3.63, 3.8) is 0 Å². The lowest BCUT2D eigenvalue weighted by Crippen LogP contribution is -2.45. The van der Waals surface area contributed by atoms with Gasteiger partial charge in [0, 0.05) is 24.6 Å². The number of hydrazine groups is 1. The normalized spacial score (nSPS) is 20.5. The van der Waals surface area contributed by atoms with Gasteiger partial charge in [0.15, 0.2) is 0 Å². The van der Waals surface area contributed by atoms with Crippen molar-refractivity contribution in [3.05, 3.63) is 29.8 Å². The fourth-order valence-electron chi connectivity index (χ4n) is 2.72. The molecule has 1 aliphatic carbocycles. The van der Waals surface area contributed by atoms with Gasteiger partial charge in [0.2, 0.25) is 17.7 Å². The first-order chi connectivity index (χ1) is 11.1. The zero-order valence-electron chi connectivity index (χ0n) is 13.2. The Hall–Kier alpha value is -2.37. The van der Waals surface area contributed by atoms with Crippen molar-refractivity contribution in [2.24, 2.45) is 11.8 Å². The van der Waals surface area contributed by atoms with Gasteiger partial charge in [0.25, 0.3) is 0 Å². The molecule has 1 atom stereocenters. The van der Waals surface area contributed by atoms with E-state index in [2.05, 4.69) is 17.8 Å². The second-order valence-electron chi connectivity index (χ2n) is 6.18. The summed E-state index contributed by atoms with van der Waals surface area (Å²) in [5.74, 6) is -0.917. The molecule has 2 fully saturated rings. The van der Waals surface area contributed by atoms with E-state index in [1.54, 1.807) is 4.90 Å². The van der Waals surface area contributed by atoms with E-state index in [4.69, 9.17) is 0 Å². The van der Waals surface area contributed by atoms with Crippen LogP contribution in [0, 0.1) is 11.8 Å². The van der Waals surface area contributed by atoms with E-state index >= 15 is 0 Å². The van der Waals surface area contributed by atoms with Gasteiger partial charge in [0.05, 0.1) is 5.92 Å². The first-order valence-electron chi connectivity index (χ1n) is 8.07. The van der Waals surface area contributed by atoms with Crippen molar-refractivity contribution in [1.29, 1.82) is 0 Å². The van der Waals surface area contributed by atoms with Crippen LogP contribution in [0.2, 0.25) is 0 Å². The molecule has 6 nitrogen and oxygen atoms in total. The molecular weight excluding hydrogens is 294 g/mol. The SMILES string of the molecule is CCc1ccc(N2CC(C(=O)NNC(=O)C3CC3)CC2=O)cc1. The molecule has 2 N–H and O–H groups in total. The highest BCUT2D eigenvalue weighted by atomic mass is 16.2. The highest BCUT2D eigenvalue weighted by molar-refractivity contribution is 6.00. The minimum atomic E-state index is -0.437. The average molecular weight is 315 g/mol. The first-order valence-corrected chi connectivity index (χ1v) is 8.07. The van der Waals surface area contributed by atoms with Crippen LogP contribution in [0.5, 0.6) is 0 Å². The molecule has 1 aromatic rings. The van der Waals surface area contributed by atoms with Crippen LogP contribution < -0.4 is 15.8 Å². The van der Waals surface area contributed by atoms with Gasteiger partial charge >= 0.3 is 0 Å². The molecule has 1 saturated heterocycles. The Kier molecular flexibility index (Phi) is 4.32. The van der Waals surface area contributed by atoms with Gasteiger partial charge in [-0.3, -0.25) is 25.2 Å². The van der Waals surface area contributed by atoms with Gasteiger partial charge in [-0.05, 0) is 37.0 Å². The van der Waals surface area contributed by atoms with Crippen molar-refractivity contribution >= 4 is 23.4 Å². The van der Waals surface area contributed by atoms with Crippen LogP contribution in [0.25, 0.3) is 0 Å². The van der Waals surface area contributed by atoms with Crippen molar-refractivity contribution in [2.45, 2.75) is 32.6 Å². The third-order valence-corrected chi connectivity index (χ3v) is 4.41. The van der Waals surface area contributed by atoms with Crippen molar-refractivity contribution in [3.8, 4) is 0 Å². The van der Waals surface area contributed by atoms with Crippen LogP contribution in [-0.4, -0.2) is 24.3 Å². The third-order valence-electron chi connectivity index (χ3n) is 4.41. The molecule has 23 heavy (non-hydrogen) atoms. The second-order valence-corrected chi connectivity index (χ2v) is 6.18. The predicted octanol–water partition coefficient (Wildman–Crippen LogP) is 1.16. The lowest BCUT2D eigenvalue weighted by atomic mass is 10.1. The van der Waals surface area contributed by atoms with E-state index in [0.717, 1.165) is 24.9 Å². The Bertz CT molecular complexity index is 622. The number of hydrogen-bond acceptors (Lipinski definition) is 3. The van der Waals surface area contributed by atoms with Crippen molar-refractivity contribution in [2.75, 3.05) is 11.4 Å². The summed E-state index contributed by atoms with van der Waals surface area (Å²) in [6.07, 6.45) is 2.87. The molecule has 1 unspecified atom stereocenters. The number of benzene rings is 1. The van der Waals surface area contributed by atoms with E-state index in [0.29, 0.717) is 6.54 Å². The summed E-state index contributed by atoms with van der Waals surface area (Å²) in [6, 6.07) is 7.80. The van der Waals surface area contributed by atoms with Crippen molar-refractivity contribution < 1.29 is 14.4 Å². The molecule has 2 aliphatic rings. The van der Waals surface area contributed by atoms with Gasteiger partial charge in [-0.1, -0.05) is 19.1 Å². The van der Waals surface area contributed by atoms with Gasteiger partial charge in [-0.15, -0.1) is 0 Å². The summed E-state index contributed by atoms with van der Waals surface area (Å²) in [5.41, 5.74) is 6.89. The van der Waals surface area contributed by atoms with E-state index in [9.17, 15) is 14.4 Å². The number of hydrogen-bond donors (Lipinski definition) is 2. The maximum atomic E-state index is 12.2. The summed E-state index contributed by atoms with van der Waals surface area (Å²) in [6.45, 7) is 2.42. The Morgan fingerprint density at radius 1 is 1.09 bits per heavy atom. The summed E-state index contributed by atoms with van der Waals surface area (Å²) in [7, 11) is 0. The summed E-state index contributed by atoms with van der Waals surface area (Å²) >= 11 is 0. The third kappa shape index (κ3) is 3.52. The summed E-state index contributed by atoms with van der Waals surface area (Å²) in [5, 5.41) is 0. The number of aryl methyl sites for hydroxylation is 1.